The molecule has 0 aliphatic rings. The molecule has 0 spiro atoms. The Morgan fingerprint density at radius 1 is 1.28 bits per heavy atom. The largest absolute Gasteiger partial charge is 0.477 e. The van der Waals surface area contributed by atoms with Crippen molar-refractivity contribution in [1.29, 1.82) is 0 Å². The van der Waals surface area contributed by atoms with E-state index in [0.717, 1.165) is 6.20 Å². The first kappa shape index (κ1) is 12.0. The molecule has 0 atom stereocenters. The van der Waals surface area contributed by atoms with E-state index in [2.05, 4.69) is 9.68 Å². The van der Waals surface area contributed by atoms with Crippen molar-refractivity contribution < 1.29 is 27.6 Å². The first-order valence-electron chi connectivity index (χ1n) is 4.54. The van der Waals surface area contributed by atoms with Crippen molar-refractivity contribution in [1.82, 2.24) is 5.16 Å². The number of halogens is 3. The Morgan fingerprint density at radius 3 is 2.44 bits per heavy atom. The summed E-state index contributed by atoms with van der Waals surface area (Å²) in [6.45, 7) is 0. The van der Waals surface area contributed by atoms with Gasteiger partial charge in [0.2, 0.25) is 5.88 Å². The zero-order valence-corrected chi connectivity index (χ0v) is 8.58. The minimum atomic E-state index is -1.91. The summed E-state index contributed by atoms with van der Waals surface area (Å²) >= 11 is 0. The van der Waals surface area contributed by atoms with Gasteiger partial charge in [-0.3, -0.25) is 0 Å². The van der Waals surface area contributed by atoms with Gasteiger partial charge in [0.05, 0.1) is 11.8 Å². The fourth-order valence-electron chi connectivity index (χ4n) is 1.44. The smallest absolute Gasteiger partial charge is 0.341 e. The van der Waals surface area contributed by atoms with E-state index in [1.807, 2.05) is 0 Å². The normalized spacial score (nSPS) is 10.6. The molecular formula is C10H5F3N2O3. The summed E-state index contributed by atoms with van der Waals surface area (Å²) in [5.74, 6) is -7.01. The van der Waals surface area contributed by atoms with Crippen LogP contribution in [0.2, 0.25) is 0 Å². The number of rotatable bonds is 2. The van der Waals surface area contributed by atoms with Gasteiger partial charge in [-0.2, -0.15) is 0 Å². The summed E-state index contributed by atoms with van der Waals surface area (Å²) in [4.78, 5) is 10.6. The average molecular weight is 258 g/mol. The van der Waals surface area contributed by atoms with Crippen LogP contribution in [0.5, 0.6) is 0 Å². The van der Waals surface area contributed by atoms with Crippen LogP contribution in [0.15, 0.2) is 16.8 Å². The Morgan fingerprint density at radius 2 is 1.94 bits per heavy atom. The molecule has 94 valence electrons. The van der Waals surface area contributed by atoms with E-state index in [0.29, 0.717) is 6.07 Å². The van der Waals surface area contributed by atoms with Crippen molar-refractivity contribution in [2.24, 2.45) is 0 Å². The van der Waals surface area contributed by atoms with E-state index in [1.165, 1.54) is 0 Å². The molecule has 3 N–H and O–H groups in total. The molecule has 0 saturated carbocycles. The molecule has 2 aromatic rings. The van der Waals surface area contributed by atoms with Crippen LogP contribution in [-0.4, -0.2) is 16.2 Å². The number of aromatic carboxylic acids is 1. The van der Waals surface area contributed by atoms with Crippen LogP contribution >= 0.6 is 0 Å². The lowest BCUT2D eigenvalue weighted by Gasteiger charge is -2.06. The van der Waals surface area contributed by atoms with Gasteiger partial charge >= 0.3 is 5.97 Å². The van der Waals surface area contributed by atoms with Gasteiger partial charge in [0.25, 0.3) is 0 Å². The molecule has 5 nitrogen and oxygen atoms in total. The van der Waals surface area contributed by atoms with Gasteiger partial charge in [0, 0.05) is 5.56 Å². The number of hydrogen-bond donors (Lipinski definition) is 2. The Labute approximate surface area is 97.6 Å². The number of nitrogens with two attached hydrogens (primary N) is 1. The van der Waals surface area contributed by atoms with Gasteiger partial charge in [-0.05, 0) is 6.07 Å². The maximum absolute atomic E-state index is 13.6. The zero-order chi connectivity index (χ0) is 13.4. The van der Waals surface area contributed by atoms with E-state index in [-0.39, 0.29) is 11.4 Å². The lowest BCUT2D eigenvalue weighted by atomic mass is 10.0. The Kier molecular flexibility index (Phi) is 2.70. The number of carboxylic acids is 1. The highest BCUT2D eigenvalue weighted by Crippen LogP contribution is 2.31. The molecule has 8 heteroatoms. The highest BCUT2D eigenvalue weighted by atomic mass is 19.2. The quantitative estimate of drug-likeness (QED) is 0.804. The molecule has 18 heavy (non-hydrogen) atoms. The SMILES string of the molecule is Nc1oncc1-c1cc(F)c(C(=O)O)c(F)c1F. The number of carbonyl (C=O) groups is 1. The first-order valence-corrected chi connectivity index (χ1v) is 4.54. The molecule has 0 unspecified atom stereocenters. The second-order valence-electron chi connectivity index (χ2n) is 3.32. The lowest BCUT2D eigenvalue weighted by Crippen LogP contribution is -2.08. The van der Waals surface area contributed by atoms with Crippen LogP contribution in [0, 0.1) is 17.5 Å². The standard InChI is InChI=1S/C10H5F3N2O3/c11-5-1-3(4-2-15-18-9(4)14)7(12)8(13)6(5)10(16)17/h1-2H,14H2,(H,16,17). The predicted molar refractivity (Wildman–Crippen MR) is 53.2 cm³/mol. The topological polar surface area (TPSA) is 89.4 Å². The summed E-state index contributed by atoms with van der Waals surface area (Å²) in [6.07, 6.45) is 0.965. The third-order valence-corrected chi connectivity index (χ3v) is 2.26. The van der Waals surface area contributed by atoms with Gasteiger partial charge < -0.3 is 15.4 Å². The summed E-state index contributed by atoms with van der Waals surface area (Å²) in [7, 11) is 0. The minimum absolute atomic E-state index is 0.165. The summed E-state index contributed by atoms with van der Waals surface area (Å²) in [6, 6.07) is 0.519. The van der Waals surface area contributed by atoms with Crippen molar-refractivity contribution in [2.75, 3.05) is 5.73 Å². The zero-order valence-electron chi connectivity index (χ0n) is 8.58. The fraction of sp³-hybridized carbons (Fsp3) is 0. The number of benzene rings is 1. The summed E-state index contributed by atoms with van der Waals surface area (Å²) in [5.41, 5.74) is 3.19. The highest BCUT2D eigenvalue weighted by molar-refractivity contribution is 5.89. The molecule has 0 fully saturated rings. The average Bonchev–Trinajstić information content (AvgIpc) is 2.69. The van der Waals surface area contributed by atoms with Gasteiger partial charge in [0.15, 0.2) is 11.6 Å². The molecule has 2 rings (SSSR count). The van der Waals surface area contributed by atoms with Crippen LogP contribution in [0.1, 0.15) is 10.4 Å². The molecule has 0 radical (unpaired) electrons. The van der Waals surface area contributed by atoms with Crippen molar-refractivity contribution in [3.63, 3.8) is 0 Å². The molecule has 1 aromatic heterocycles. The lowest BCUT2D eigenvalue weighted by molar-refractivity contribution is 0.0685. The maximum Gasteiger partial charge on any atom is 0.341 e. The van der Waals surface area contributed by atoms with E-state index in [4.69, 9.17) is 10.8 Å². The number of hydrogen-bond acceptors (Lipinski definition) is 4. The highest BCUT2D eigenvalue weighted by Gasteiger charge is 2.25. The molecule has 1 aromatic carbocycles. The van der Waals surface area contributed by atoms with Crippen molar-refractivity contribution in [2.45, 2.75) is 0 Å². The number of aromatic nitrogens is 1. The third kappa shape index (κ3) is 1.67. The molecular weight excluding hydrogens is 253 g/mol. The third-order valence-electron chi connectivity index (χ3n) is 2.26. The van der Waals surface area contributed by atoms with Crippen molar-refractivity contribution >= 4 is 11.9 Å². The Bertz CT molecular complexity index is 640. The summed E-state index contributed by atoms with van der Waals surface area (Å²) in [5, 5.41) is 11.8. The first-order chi connectivity index (χ1) is 8.43. The van der Waals surface area contributed by atoms with Gasteiger partial charge in [-0.25, -0.2) is 18.0 Å². The van der Waals surface area contributed by atoms with E-state index >= 15 is 0 Å². The molecule has 0 aliphatic carbocycles. The van der Waals surface area contributed by atoms with Gasteiger partial charge in [-0.15, -0.1) is 0 Å². The van der Waals surface area contributed by atoms with Crippen molar-refractivity contribution in [3.8, 4) is 11.1 Å². The van der Waals surface area contributed by atoms with Crippen LogP contribution in [-0.2, 0) is 0 Å². The molecule has 0 bridgehead atoms. The van der Waals surface area contributed by atoms with Crippen LogP contribution in [0.4, 0.5) is 19.1 Å². The monoisotopic (exact) mass is 258 g/mol. The van der Waals surface area contributed by atoms with Crippen LogP contribution in [0.25, 0.3) is 11.1 Å². The molecule has 0 saturated heterocycles. The van der Waals surface area contributed by atoms with Gasteiger partial charge in [-0.1, -0.05) is 5.16 Å². The number of nitrogen functional groups attached to an aromatic ring is 1. The minimum Gasteiger partial charge on any atom is -0.477 e. The molecule has 1 heterocycles. The second kappa shape index (κ2) is 4.06. The molecule has 0 amide bonds. The summed E-state index contributed by atoms with van der Waals surface area (Å²) < 4.78 is 44.8. The second-order valence-corrected chi connectivity index (χ2v) is 3.32. The van der Waals surface area contributed by atoms with Gasteiger partial charge in [0.1, 0.15) is 11.4 Å². The Balaban J connectivity index is 2.73. The Hall–Kier alpha value is -2.51. The number of anilines is 1. The van der Waals surface area contributed by atoms with Crippen LogP contribution < -0.4 is 5.73 Å². The molecule has 0 aliphatic heterocycles. The predicted octanol–water partition coefficient (Wildman–Crippen LogP) is 2.04. The number of nitrogens with zero attached hydrogens (tertiary/aromatic N) is 1. The van der Waals surface area contributed by atoms with E-state index in [9.17, 15) is 18.0 Å². The van der Waals surface area contributed by atoms with Crippen molar-refractivity contribution in [3.05, 3.63) is 35.3 Å². The van der Waals surface area contributed by atoms with E-state index in [1.54, 1.807) is 0 Å². The number of carboxylic acid groups (broad SMARTS) is 1. The van der Waals surface area contributed by atoms with E-state index < -0.39 is 34.5 Å². The van der Waals surface area contributed by atoms with Crippen LogP contribution in [0.3, 0.4) is 0 Å². The fourth-order valence-corrected chi connectivity index (χ4v) is 1.44. The maximum atomic E-state index is 13.6.